The minimum Gasteiger partial charge on any atom is -0.394 e. The molecule has 0 aromatic heterocycles. The predicted molar refractivity (Wildman–Crippen MR) is 61.1 cm³/mol. The first-order chi connectivity index (χ1) is 7.60. The van der Waals surface area contributed by atoms with Crippen molar-refractivity contribution in [2.24, 2.45) is 5.92 Å². The van der Waals surface area contributed by atoms with Gasteiger partial charge in [0.15, 0.2) is 0 Å². The van der Waals surface area contributed by atoms with Gasteiger partial charge in [-0.25, -0.2) is 0 Å². The second-order valence-electron chi connectivity index (χ2n) is 4.52. The number of ether oxygens (including phenoxy) is 1. The lowest BCUT2D eigenvalue weighted by molar-refractivity contribution is -0.137. The third kappa shape index (κ3) is 3.17. The van der Waals surface area contributed by atoms with Crippen LogP contribution in [-0.4, -0.2) is 73.9 Å². The molecule has 0 aromatic rings. The second kappa shape index (κ2) is 6.18. The lowest BCUT2D eigenvalue weighted by atomic mass is 10.1. The van der Waals surface area contributed by atoms with Crippen molar-refractivity contribution in [3.05, 3.63) is 0 Å². The van der Waals surface area contributed by atoms with Gasteiger partial charge in [0, 0.05) is 26.7 Å². The Morgan fingerprint density at radius 3 is 2.75 bits per heavy atom. The Labute approximate surface area is 97.0 Å². The van der Waals surface area contributed by atoms with Gasteiger partial charge in [-0.15, -0.1) is 0 Å². The van der Waals surface area contributed by atoms with E-state index in [0.717, 1.165) is 13.1 Å². The van der Waals surface area contributed by atoms with Gasteiger partial charge in [-0.3, -0.25) is 9.69 Å². The van der Waals surface area contributed by atoms with E-state index in [1.807, 2.05) is 11.9 Å². The molecule has 0 radical (unpaired) electrons. The molecule has 16 heavy (non-hydrogen) atoms. The highest BCUT2D eigenvalue weighted by Crippen LogP contribution is 2.13. The standard InChI is InChI=1S/C11H22N2O3/c1-9-6-12(2)10(8-14)11(15)13(7-9)4-5-16-3/h9-10,14H,4-8H2,1-3H3. The number of hydrogen-bond acceptors (Lipinski definition) is 4. The number of likely N-dealkylation sites (N-methyl/N-ethyl adjacent to an activating group) is 1. The van der Waals surface area contributed by atoms with Crippen LogP contribution in [0.1, 0.15) is 6.92 Å². The Morgan fingerprint density at radius 2 is 2.19 bits per heavy atom. The van der Waals surface area contributed by atoms with E-state index in [0.29, 0.717) is 19.1 Å². The van der Waals surface area contributed by atoms with Crippen LogP contribution in [-0.2, 0) is 9.53 Å². The van der Waals surface area contributed by atoms with Crippen molar-refractivity contribution in [3.63, 3.8) is 0 Å². The van der Waals surface area contributed by atoms with Gasteiger partial charge >= 0.3 is 0 Å². The maximum Gasteiger partial charge on any atom is 0.242 e. The summed E-state index contributed by atoms with van der Waals surface area (Å²) >= 11 is 0. The SMILES string of the molecule is COCCN1CC(C)CN(C)C(CO)C1=O. The first-order valence-corrected chi connectivity index (χ1v) is 5.69. The van der Waals surface area contributed by atoms with Crippen LogP contribution < -0.4 is 0 Å². The second-order valence-corrected chi connectivity index (χ2v) is 4.52. The van der Waals surface area contributed by atoms with Gasteiger partial charge in [0.1, 0.15) is 6.04 Å². The van der Waals surface area contributed by atoms with Gasteiger partial charge in [-0.1, -0.05) is 6.92 Å². The summed E-state index contributed by atoms with van der Waals surface area (Å²) in [5.41, 5.74) is 0. The first kappa shape index (κ1) is 13.4. The number of rotatable bonds is 4. The Balaban J connectivity index is 2.71. The Kier molecular flexibility index (Phi) is 5.18. The molecule has 1 aliphatic heterocycles. The number of amides is 1. The van der Waals surface area contributed by atoms with Crippen LogP contribution >= 0.6 is 0 Å². The molecule has 1 saturated heterocycles. The molecular weight excluding hydrogens is 208 g/mol. The van der Waals surface area contributed by atoms with E-state index >= 15 is 0 Å². The summed E-state index contributed by atoms with van der Waals surface area (Å²) in [4.78, 5) is 15.8. The number of aliphatic hydroxyl groups is 1. The monoisotopic (exact) mass is 230 g/mol. The molecule has 1 aliphatic rings. The van der Waals surface area contributed by atoms with E-state index in [1.54, 1.807) is 12.0 Å². The van der Waals surface area contributed by atoms with Crippen molar-refractivity contribution in [3.8, 4) is 0 Å². The Hall–Kier alpha value is -0.650. The molecule has 0 spiro atoms. The largest absolute Gasteiger partial charge is 0.394 e. The van der Waals surface area contributed by atoms with Gasteiger partial charge in [-0.05, 0) is 13.0 Å². The van der Waals surface area contributed by atoms with Crippen molar-refractivity contribution < 1.29 is 14.6 Å². The maximum absolute atomic E-state index is 12.1. The number of carbonyl (C=O) groups excluding carboxylic acids is 1. The van der Waals surface area contributed by atoms with Crippen molar-refractivity contribution >= 4 is 5.91 Å². The smallest absolute Gasteiger partial charge is 0.242 e. The summed E-state index contributed by atoms with van der Waals surface area (Å²) in [5.74, 6) is 0.425. The molecule has 1 fully saturated rings. The number of hydrogen-bond donors (Lipinski definition) is 1. The van der Waals surface area contributed by atoms with Crippen LogP contribution in [0.25, 0.3) is 0 Å². The third-order valence-electron chi connectivity index (χ3n) is 3.00. The number of carbonyl (C=O) groups is 1. The average Bonchev–Trinajstić information content (AvgIpc) is 2.33. The van der Waals surface area contributed by atoms with Crippen molar-refractivity contribution in [1.82, 2.24) is 9.80 Å². The summed E-state index contributed by atoms with van der Waals surface area (Å²) < 4.78 is 4.99. The van der Waals surface area contributed by atoms with Gasteiger partial charge in [0.2, 0.25) is 5.91 Å². The van der Waals surface area contributed by atoms with E-state index in [2.05, 4.69) is 6.92 Å². The third-order valence-corrected chi connectivity index (χ3v) is 3.00. The molecule has 94 valence electrons. The van der Waals surface area contributed by atoms with Crippen LogP contribution in [0, 0.1) is 5.92 Å². The summed E-state index contributed by atoms with van der Waals surface area (Å²) in [6.45, 7) is 4.71. The molecule has 2 unspecified atom stereocenters. The zero-order valence-electron chi connectivity index (χ0n) is 10.3. The van der Waals surface area contributed by atoms with Crippen LogP contribution in [0.4, 0.5) is 0 Å². The zero-order chi connectivity index (χ0) is 12.1. The topological polar surface area (TPSA) is 53.0 Å². The highest BCUT2D eigenvalue weighted by molar-refractivity contribution is 5.82. The van der Waals surface area contributed by atoms with E-state index < -0.39 is 6.04 Å². The van der Waals surface area contributed by atoms with Gasteiger partial charge in [0.05, 0.1) is 13.2 Å². The molecule has 0 bridgehead atoms. The van der Waals surface area contributed by atoms with Crippen molar-refractivity contribution in [2.75, 3.05) is 47.0 Å². The summed E-state index contributed by atoms with van der Waals surface area (Å²) in [6, 6.07) is -0.401. The lowest BCUT2D eigenvalue weighted by Gasteiger charge is -2.26. The minimum atomic E-state index is -0.401. The van der Waals surface area contributed by atoms with Crippen molar-refractivity contribution in [2.45, 2.75) is 13.0 Å². The average molecular weight is 230 g/mol. The molecule has 1 rings (SSSR count). The van der Waals surface area contributed by atoms with E-state index in [9.17, 15) is 9.90 Å². The van der Waals surface area contributed by atoms with Crippen LogP contribution in [0.15, 0.2) is 0 Å². The molecule has 5 nitrogen and oxygen atoms in total. The van der Waals surface area contributed by atoms with Gasteiger partial charge in [0.25, 0.3) is 0 Å². The van der Waals surface area contributed by atoms with E-state index in [1.165, 1.54) is 0 Å². The maximum atomic E-state index is 12.1. The normalized spacial score (nSPS) is 28.2. The quantitative estimate of drug-likeness (QED) is 0.701. The minimum absolute atomic E-state index is 0.00593. The molecule has 0 saturated carbocycles. The Bertz CT molecular complexity index is 235. The molecule has 1 heterocycles. The molecule has 0 aromatic carbocycles. The number of methoxy groups -OCH3 is 1. The fourth-order valence-corrected chi connectivity index (χ4v) is 2.16. The highest BCUT2D eigenvalue weighted by Gasteiger charge is 2.32. The molecule has 0 aliphatic carbocycles. The van der Waals surface area contributed by atoms with Gasteiger partial charge in [-0.2, -0.15) is 0 Å². The van der Waals surface area contributed by atoms with Crippen molar-refractivity contribution in [1.29, 1.82) is 0 Å². The van der Waals surface area contributed by atoms with E-state index in [-0.39, 0.29) is 12.5 Å². The Morgan fingerprint density at radius 1 is 1.50 bits per heavy atom. The van der Waals surface area contributed by atoms with Crippen LogP contribution in [0.3, 0.4) is 0 Å². The van der Waals surface area contributed by atoms with Crippen LogP contribution in [0.5, 0.6) is 0 Å². The lowest BCUT2D eigenvalue weighted by Crippen LogP contribution is -2.47. The molecule has 1 amide bonds. The number of nitrogens with zero attached hydrogens (tertiary/aromatic N) is 2. The molecular formula is C11H22N2O3. The molecule has 5 heteroatoms. The highest BCUT2D eigenvalue weighted by atomic mass is 16.5. The van der Waals surface area contributed by atoms with Gasteiger partial charge < -0.3 is 14.7 Å². The summed E-state index contributed by atoms with van der Waals surface area (Å²) in [7, 11) is 3.51. The fraction of sp³-hybridized carbons (Fsp3) is 0.909. The summed E-state index contributed by atoms with van der Waals surface area (Å²) in [5, 5.41) is 9.27. The van der Waals surface area contributed by atoms with Crippen LogP contribution in [0.2, 0.25) is 0 Å². The number of aliphatic hydroxyl groups excluding tert-OH is 1. The summed E-state index contributed by atoms with van der Waals surface area (Å²) in [6.07, 6.45) is 0. The zero-order valence-corrected chi connectivity index (χ0v) is 10.3. The fourth-order valence-electron chi connectivity index (χ4n) is 2.16. The van der Waals surface area contributed by atoms with E-state index in [4.69, 9.17) is 4.74 Å². The molecule has 2 atom stereocenters. The molecule has 1 N–H and O–H groups in total. The predicted octanol–water partition coefficient (Wildman–Crippen LogP) is -0.596. The first-order valence-electron chi connectivity index (χ1n) is 5.69.